The second-order valence-electron chi connectivity index (χ2n) is 3.85. The molecule has 3 N–H and O–H groups in total. The number of hydrogen-bond acceptors (Lipinski definition) is 4. The Labute approximate surface area is 109 Å². The van der Waals surface area contributed by atoms with Gasteiger partial charge in [0.15, 0.2) is 11.5 Å². The first kappa shape index (κ1) is 12.5. The fourth-order valence-corrected chi connectivity index (χ4v) is 1.50. The van der Waals surface area contributed by atoms with Gasteiger partial charge in [-0.1, -0.05) is 0 Å². The molecule has 0 saturated carbocycles. The number of amides is 1. The molecule has 5 heteroatoms. The molecular formula is C14H10N2O3. The van der Waals surface area contributed by atoms with Gasteiger partial charge in [0.25, 0.3) is 5.91 Å². The number of nitriles is 1. The van der Waals surface area contributed by atoms with Crippen molar-refractivity contribution < 1.29 is 15.0 Å². The average molecular weight is 254 g/mol. The molecule has 0 fully saturated rings. The summed E-state index contributed by atoms with van der Waals surface area (Å²) >= 11 is 0. The summed E-state index contributed by atoms with van der Waals surface area (Å²) in [5.74, 6) is -1.05. The van der Waals surface area contributed by atoms with Crippen LogP contribution in [0.5, 0.6) is 11.5 Å². The van der Waals surface area contributed by atoms with E-state index in [-0.39, 0.29) is 17.1 Å². The van der Waals surface area contributed by atoms with Crippen molar-refractivity contribution in [1.29, 1.82) is 5.26 Å². The van der Waals surface area contributed by atoms with Gasteiger partial charge < -0.3 is 15.5 Å². The molecule has 0 radical (unpaired) electrons. The number of carbonyl (C=O) groups is 1. The molecule has 2 aromatic rings. The van der Waals surface area contributed by atoms with E-state index >= 15 is 0 Å². The van der Waals surface area contributed by atoms with E-state index in [1.807, 2.05) is 6.07 Å². The maximum Gasteiger partial charge on any atom is 0.255 e. The molecular weight excluding hydrogens is 244 g/mol. The number of hydrogen-bond donors (Lipinski definition) is 3. The molecule has 0 unspecified atom stereocenters. The molecule has 0 atom stereocenters. The summed E-state index contributed by atoms with van der Waals surface area (Å²) in [6.07, 6.45) is 0. The number of rotatable bonds is 2. The number of aromatic hydroxyl groups is 2. The van der Waals surface area contributed by atoms with Crippen LogP contribution in [-0.2, 0) is 0 Å². The summed E-state index contributed by atoms with van der Waals surface area (Å²) in [6.45, 7) is 0. The molecule has 1 amide bonds. The SMILES string of the molecule is N#Cc1ccc(NC(=O)c2ccc(O)c(O)c2)cc1. The van der Waals surface area contributed by atoms with E-state index in [2.05, 4.69) is 5.32 Å². The predicted molar refractivity (Wildman–Crippen MR) is 68.9 cm³/mol. The highest BCUT2D eigenvalue weighted by Gasteiger charge is 2.09. The molecule has 0 aliphatic rings. The van der Waals surface area contributed by atoms with Crippen molar-refractivity contribution in [3.8, 4) is 17.6 Å². The Kier molecular flexibility index (Phi) is 3.35. The van der Waals surface area contributed by atoms with E-state index in [9.17, 15) is 9.90 Å². The highest BCUT2D eigenvalue weighted by molar-refractivity contribution is 6.04. The minimum absolute atomic E-state index is 0.222. The van der Waals surface area contributed by atoms with E-state index in [4.69, 9.17) is 10.4 Å². The number of nitrogens with one attached hydrogen (secondary N) is 1. The van der Waals surface area contributed by atoms with Gasteiger partial charge >= 0.3 is 0 Å². The predicted octanol–water partition coefficient (Wildman–Crippen LogP) is 2.22. The average Bonchev–Trinajstić information content (AvgIpc) is 2.42. The summed E-state index contributed by atoms with van der Waals surface area (Å²) in [5, 5.41) is 29.7. The third-order valence-corrected chi connectivity index (χ3v) is 2.51. The van der Waals surface area contributed by atoms with Gasteiger partial charge in [-0.2, -0.15) is 5.26 Å². The van der Waals surface area contributed by atoms with Gasteiger partial charge in [-0.05, 0) is 42.5 Å². The molecule has 5 nitrogen and oxygen atoms in total. The fraction of sp³-hybridized carbons (Fsp3) is 0. The normalized spacial score (nSPS) is 9.63. The minimum atomic E-state index is -0.417. The molecule has 0 aromatic heterocycles. The number of phenolic OH excluding ortho intramolecular Hbond substituents is 2. The van der Waals surface area contributed by atoms with Crippen molar-refractivity contribution in [2.45, 2.75) is 0 Å². The second-order valence-corrected chi connectivity index (χ2v) is 3.85. The van der Waals surface area contributed by atoms with Crippen LogP contribution in [0.2, 0.25) is 0 Å². The standard InChI is InChI=1S/C14H10N2O3/c15-8-9-1-4-11(5-2-9)16-14(19)10-3-6-12(17)13(18)7-10/h1-7,17-18H,(H,16,19). The van der Waals surface area contributed by atoms with Crippen LogP contribution in [0.3, 0.4) is 0 Å². The lowest BCUT2D eigenvalue weighted by atomic mass is 10.1. The summed E-state index contributed by atoms with van der Waals surface area (Å²) in [5.41, 5.74) is 1.26. The van der Waals surface area contributed by atoms with Crippen LogP contribution in [0.15, 0.2) is 42.5 Å². The van der Waals surface area contributed by atoms with Crippen molar-refractivity contribution in [2.24, 2.45) is 0 Å². The van der Waals surface area contributed by atoms with E-state index in [0.717, 1.165) is 0 Å². The van der Waals surface area contributed by atoms with Gasteiger partial charge in [-0.25, -0.2) is 0 Å². The molecule has 0 aliphatic carbocycles. The summed E-state index contributed by atoms with van der Waals surface area (Å²) in [4.78, 5) is 11.9. The lowest BCUT2D eigenvalue weighted by Gasteiger charge is -2.06. The number of phenols is 2. The summed E-state index contributed by atoms with van der Waals surface area (Å²) in [6, 6.07) is 12.2. The number of carbonyl (C=O) groups excluding carboxylic acids is 1. The van der Waals surface area contributed by atoms with Crippen molar-refractivity contribution in [2.75, 3.05) is 5.32 Å². The third-order valence-electron chi connectivity index (χ3n) is 2.51. The molecule has 0 heterocycles. The molecule has 19 heavy (non-hydrogen) atoms. The Hall–Kier alpha value is -3.00. The Morgan fingerprint density at radius 2 is 1.74 bits per heavy atom. The largest absolute Gasteiger partial charge is 0.504 e. The minimum Gasteiger partial charge on any atom is -0.504 e. The topological polar surface area (TPSA) is 93.4 Å². The van der Waals surface area contributed by atoms with Crippen LogP contribution in [0.1, 0.15) is 15.9 Å². The Morgan fingerprint density at radius 1 is 1.05 bits per heavy atom. The smallest absolute Gasteiger partial charge is 0.255 e. The van der Waals surface area contributed by atoms with Crippen molar-refractivity contribution in [3.05, 3.63) is 53.6 Å². The molecule has 0 saturated heterocycles. The van der Waals surface area contributed by atoms with Gasteiger partial charge in [0.1, 0.15) is 0 Å². The van der Waals surface area contributed by atoms with Crippen LogP contribution in [0, 0.1) is 11.3 Å². The monoisotopic (exact) mass is 254 g/mol. The molecule has 0 bridgehead atoms. The first-order valence-corrected chi connectivity index (χ1v) is 5.43. The van der Waals surface area contributed by atoms with Gasteiger partial charge in [-0.15, -0.1) is 0 Å². The van der Waals surface area contributed by atoms with Gasteiger partial charge in [0.2, 0.25) is 0 Å². The first-order valence-electron chi connectivity index (χ1n) is 5.43. The summed E-state index contributed by atoms with van der Waals surface area (Å²) < 4.78 is 0. The van der Waals surface area contributed by atoms with E-state index < -0.39 is 5.91 Å². The highest BCUT2D eigenvalue weighted by Crippen LogP contribution is 2.25. The van der Waals surface area contributed by atoms with Crippen molar-refractivity contribution in [3.63, 3.8) is 0 Å². The molecule has 0 spiro atoms. The van der Waals surface area contributed by atoms with E-state index in [0.29, 0.717) is 11.3 Å². The maximum atomic E-state index is 11.9. The molecule has 2 rings (SSSR count). The fourth-order valence-electron chi connectivity index (χ4n) is 1.50. The molecule has 2 aromatic carbocycles. The Morgan fingerprint density at radius 3 is 2.32 bits per heavy atom. The zero-order valence-electron chi connectivity index (χ0n) is 9.79. The quantitative estimate of drug-likeness (QED) is 0.716. The summed E-state index contributed by atoms with van der Waals surface area (Å²) in [7, 11) is 0. The lowest BCUT2D eigenvalue weighted by Crippen LogP contribution is -2.11. The number of benzene rings is 2. The Balaban J connectivity index is 2.16. The number of anilines is 1. The lowest BCUT2D eigenvalue weighted by molar-refractivity contribution is 0.102. The van der Waals surface area contributed by atoms with Gasteiger partial charge in [0, 0.05) is 11.3 Å². The van der Waals surface area contributed by atoms with Crippen LogP contribution < -0.4 is 5.32 Å². The third kappa shape index (κ3) is 2.82. The van der Waals surface area contributed by atoms with Crippen molar-refractivity contribution in [1.82, 2.24) is 0 Å². The van der Waals surface area contributed by atoms with E-state index in [1.54, 1.807) is 24.3 Å². The van der Waals surface area contributed by atoms with Crippen LogP contribution >= 0.6 is 0 Å². The van der Waals surface area contributed by atoms with Gasteiger partial charge in [-0.3, -0.25) is 4.79 Å². The number of nitrogens with zero attached hydrogens (tertiary/aromatic N) is 1. The van der Waals surface area contributed by atoms with E-state index in [1.165, 1.54) is 18.2 Å². The van der Waals surface area contributed by atoms with Crippen LogP contribution in [0.4, 0.5) is 5.69 Å². The zero-order chi connectivity index (χ0) is 13.8. The zero-order valence-corrected chi connectivity index (χ0v) is 9.79. The van der Waals surface area contributed by atoms with Gasteiger partial charge in [0.05, 0.1) is 11.6 Å². The Bertz CT molecular complexity index is 657. The first-order chi connectivity index (χ1) is 9.10. The highest BCUT2D eigenvalue weighted by atomic mass is 16.3. The van der Waals surface area contributed by atoms with Crippen LogP contribution in [-0.4, -0.2) is 16.1 Å². The maximum absolute atomic E-state index is 11.9. The molecule has 0 aliphatic heterocycles. The second kappa shape index (κ2) is 5.10. The van der Waals surface area contributed by atoms with Crippen molar-refractivity contribution >= 4 is 11.6 Å². The van der Waals surface area contributed by atoms with Crippen LogP contribution in [0.25, 0.3) is 0 Å². The molecule has 94 valence electrons.